The average molecular weight is 308 g/mol. The zero-order valence-electron chi connectivity index (χ0n) is 11.1. The van der Waals surface area contributed by atoms with Crippen LogP contribution in [0.4, 0.5) is 14.5 Å². The van der Waals surface area contributed by atoms with E-state index in [1.54, 1.807) is 12.1 Å². The van der Waals surface area contributed by atoms with Crippen LogP contribution in [-0.2, 0) is 11.3 Å². The molecule has 0 unspecified atom stereocenters. The van der Waals surface area contributed by atoms with Crippen molar-refractivity contribution in [3.05, 3.63) is 59.7 Å². The molecule has 3 N–H and O–H groups in total. The Morgan fingerprint density at radius 2 is 1.76 bits per heavy atom. The maximum atomic E-state index is 13.6. The molecule has 0 radical (unpaired) electrons. The second kappa shape index (κ2) is 7.08. The topological polar surface area (TPSA) is 55.1 Å². The minimum Gasteiger partial charge on any atom is -0.380 e. The van der Waals surface area contributed by atoms with Crippen molar-refractivity contribution in [1.82, 2.24) is 0 Å². The highest BCUT2D eigenvalue weighted by molar-refractivity contribution is 8.00. The van der Waals surface area contributed by atoms with Crippen molar-refractivity contribution in [2.75, 3.05) is 11.1 Å². The first kappa shape index (κ1) is 15.3. The number of rotatable bonds is 6. The van der Waals surface area contributed by atoms with E-state index in [0.29, 0.717) is 5.69 Å². The first-order chi connectivity index (χ1) is 10.1. The van der Waals surface area contributed by atoms with Crippen LogP contribution in [0.25, 0.3) is 0 Å². The Morgan fingerprint density at radius 1 is 1.10 bits per heavy atom. The van der Waals surface area contributed by atoms with Gasteiger partial charge >= 0.3 is 0 Å². The smallest absolute Gasteiger partial charge is 0.227 e. The molecular formula is C15H14F2N2OS. The van der Waals surface area contributed by atoms with Crippen molar-refractivity contribution in [2.24, 2.45) is 5.73 Å². The second-order valence-electron chi connectivity index (χ2n) is 4.30. The van der Waals surface area contributed by atoms with E-state index in [0.717, 1.165) is 4.90 Å². The lowest BCUT2D eigenvalue weighted by Gasteiger charge is -2.12. The molecule has 2 rings (SSSR count). The molecule has 0 saturated heterocycles. The molecule has 0 bridgehead atoms. The van der Waals surface area contributed by atoms with Crippen LogP contribution >= 0.6 is 11.8 Å². The van der Waals surface area contributed by atoms with Gasteiger partial charge in [-0.2, -0.15) is 0 Å². The summed E-state index contributed by atoms with van der Waals surface area (Å²) in [5.41, 5.74) is 5.80. The van der Waals surface area contributed by atoms with Crippen LogP contribution in [0.1, 0.15) is 5.56 Å². The monoisotopic (exact) mass is 308 g/mol. The molecule has 0 atom stereocenters. The number of primary amides is 1. The SMILES string of the molecule is NC(=O)CSc1ccccc1NCc1c(F)cccc1F. The van der Waals surface area contributed by atoms with Gasteiger partial charge in [0.1, 0.15) is 11.6 Å². The van der Waals surface area contributed by atoms with Crippen molar-refractivity contribution in [3.8, 4) is 0 Å². The molecule has 0 aliphatic carbocycles. The highest BCUT2D eigenvalue weighted by atomic mass is 32.2. The molecule has 21 heavy (non-hydrogen) atoms. The number of nitrogens with one attached hydrogen (secondary N) is 1. The summed E-state index contributed by atoms with van der Waals surface area (Å²) in [6.07, 6.45) is 0. The predicted molar refractivity (Wildman–Crippen MR) is 80.0 cm³/mol. The lowest BCUT2D eigenvalue weighted by molar-refractivity contribution is -0.115. The van der Waals surface area contributed by atoms with E-state index >= 15 is 0 Å². The Hall–Kier alpha value is -2.08. The number of hydrogen-bond acceptors (Lipinski definition) is 3. The molecule has 110 valence electrons. The number of anilines is 1. The van der Waals surface area contributed by atoms with Gasteiger partial charge in [-0.1, -0.05) is 18.2 Å². The summed E-state index contributed by atoms with van der Waals surface area (Å²) in [4.78, 5) is 11.6. The van der Waals surface area contributed by atoms with Gasteiger partial charge in [-0.05, 0) is 24.3 Å². The molecule has 0 saturated carbocycles. The third-order valence-corrected chi connectivity index (χ3v) is 3.87. The molecule has 1 amide bonds. The fraction of sp³-hybridized carbons (Fsp3) is 0.133. The Balaban J connectivity index is 2.11. The van der Waals surface area contributed by atoms with Crippen LogP contribution in [0.15, 0.2) is 47.4 Å². The Labute approximate surface area is 125 Å². The van der Waals surface area contributed by atoms with Gasteiger partial charge in [-0.15, -0.1) is 11.8 Å². The fourth-order valence-electron chi connectivity index (χ4n) is 1.77. The second-order valence-corrected chi connectivity index (χ2v) is 5.32. The van der Waals surface area contributed by atoms with E-state index in [9.17, 15) is 13.6 Å². The molecule has 0 heterocycles. The lowest BCUT2D eigenvalue weighted by Crippen LogP contribution is -2.13. The van der Waals surface area contributed by atoms with E-state index in [1.165, 1.54) is 30.0 Å². The minimum absolute atomic E-state index is 0.0205. The summed E-state index contributed by atoms with van der Waals surface area (Å²) in [5, 5.41) is 2.98. The third kappa shape index (κ3) is 4.19. The fourth-order valence-corrected chi connectivity index (χ4v) is 2.54. The molecular weight excluding hydrogens is 294 g/mol. The normalized spacial score (nSPS) is 10.4. The number of carbonyl (C=O) groups is 1. The number of halogens is 2. The van der Waals surface area contributed by atoms with Crippen molar-refractivity contribution in [2.45, 2.75) is 11.4 Å². The minimum atomic E-state index is -0.593. The maximum Gasteiger partial charge on any atom is 0.227 e. The molecule has 0 aliphatic heterocycles. The molecule has 0 spiro atoms. The zero-order valence-corrected chi connectivity index (χ0v) is 11.9. The number of thioether (sulfide) groups is 1. The number of nitrogens with two attached hydrogens (primary N) is 1. The first-order valence-corrected chi connectivity index (χ1v) is 7.23. The molecule has 6 heteroatoms. The summed E-state index contributed by atoms with van der Waals surface area (Å²) in [6.45, 7) is 0.0205. The van der Waals surface area contributed by atoms with Gasteiger partial charge in [0.25, 0.3) is 0 Å². The van der Waals surface area contributed by atoms with Crippen LogP contribution in [-0.4, -0.2) is 11.7 Å². The number of benzene rings is 2. The summed E-state index contributed by atoms with van der Waals surface area (Å²) in [7, 11) is 0. The van der Waals surface area contributed by atoms with Gasteiger partial charge in [0.2, 0.25) is 5.91 Å². The van der Waals surface area contributed by atoms with E-state index < -0.39 is 17.5 Å². The first-order valence-electron chi connectivity index (χ1n) is 6.25. The van der Waals surface area contributed by atoms with E-state index in [2.05, 4.69) is 5.32 Å². The highest BCUT2D eigenvalue weighted by Crippen LogP contribution is 2.27. The third-order valence-electron chi connectivity index (χ3n) is 2.77. The number of para-hydroxylation sites is 1. The van der Waals surface area contributed by atoms with Gasteiger partial charge in [0.15, 0.2) is 0 Å². The molecule has 3 nitrogen and oxygen atoms in total. The van der Waals surface area contributed by atoms with Crippen LogP contribution in [0.2, 0.25) is 0 Å². The van der Waals surface area contributed by atoms with Crippen molar-refractivity contribution >= 4 is 23.4 Å². The lowest BCUT2D eigenvalue weighted by atomic mass is 10.2. The zero-order chi connectivity index (χ0) is 15.2. The van der Waals surface area contributed by atoms with E-state index in [4.69, 9.17) is 5.73 Å². The molecule has 0 aliphatic rings. The standard InChI is InChI=1S/C15H14F2N2OS/c16-11-4-3-5-12(17)10(11)8-19-13-6-1-2-7-14(13)21-9-15(18)20/h1-7,19H,8-9H2,(H2,18,20). The van der Waals surface area contributed by atoms with Crippen LogP contribution < -0.4 is 11.1 Å². The summed E-state index contributed by atoms with van der Waals surface area (Å²) in [5.74, 6) is -1.46. The summed E-state index contributed by atoms with van der Waals surface area (Å²) in [6, 6.07) is 11.0. The van der Waals surface area contributed by atoms with Gasteiger partial charge in [0.05, 0.1) is 5.75 Å². The van der Waals surface area contributed by atoms with Crippen molar-refractivity contribution in [3.63, 3.8) is 0 Å². The Bertz CT molecular complexity index is 629. The molecule has 2 aromatic rings. The van der Waals surface area contributed by atoms with E-state index in [-0.39, 0.29) is 17.9 Å². The highest BCUT2D eigenvalue weighted by Gasteiger charge is 2.09. The Morgan fingerprint density at radius 3 is 2.43 bits per heavy atom. The van der Waals surface area contributed by atoms with Gasteiger partial charge in [-0.25, -0.2) is 8.78 Å². The van der Waals surface area contributed by atoms with Crippen molar-refractivity contribution in [1.29, 1.82) is 0 Å². The van der Waals surface area contributed by atoms with E-state index in [1.807, 2.05) is 12.1 Å². The summed E-state index contributed by atoms with van der Waals surface area (Å²) >= 11 is 1.27. The molecule has 2 aromatic carbocycles. The number of hydrogen-bond donors (Lipinski definition) is 2. The predicted octanol–water partition coefficient (Wildman–Crippen LogP) is 3.15. The number of amides is 1. The average Bonchev–Trinajstić information content (AvgIpc) is 2.45. The van der Waals surface area contributed by atoms with Gasteiger partial charge < -0.3 is 11.1 Å². The van der Waals surface area contributed by atoms with Gasteiger partial charge in [-0.3, -0.25) is 4.79 Å². The van der Waals surface area contributed by atoms with Crippen LogP contribution in [0.5, 0.6) is 0 Å². The van der Waals surface area contributed by atoms with Crippen LogP contribution in [0, 0.1) is 11.6 Å². The Kier molecular flexibility index (Phi) is 5.16. The number of carbonyl (C=O) groups excluding carboxylic acids is 1. The molecule has 0 aromatic heterocycles. The molecule has 0 fully saturated rings. The summed E-state index contributed by atoms with van der Waals surface area (Å²) < 4.78 is 27.1. The van der Waals surface area contributed by atoms with Gasteiger partial charge in [0, 0.05) is 22.7 Å². The quantitative estimate of drug-likeness (QED) is 0.806. The largest absolute Gasteiger partial charge is 0.380 e. The maximum absolute atomic E-state index is 13.6. The van der Waals surface area contributed by atoms with Crippen LogP contribution in [0.3, 0.4) is 0 Å². The van der Waals surface area contributed by atoms with Crippen molar-refractivity contribution < 1.29 is 13.6 Å².